The lowest BCUT2D eigenvalue weighted by Gasteiger charge is -2.04. The first kappa shape index (κ1) is 9.81. The molecule has 0 radical (unpaired) electrons. The summed E-state index contributed by atoms with van der Waals surface area (Å²) in [6, 6.07) is 7.87. The number of para-hydroxylation sites is 1. The van der Waals surface area contributed by atoms with Crippen LogP contribution < -0.4 is 4.74 Å². The topological polar surface area (TPSA) is 29.5 Å². The first-order chi connectivity index (χ1) is 6.38. The second-order valence-corrected chi connectivity index (χ2v) is 2.67. The smallest absolute Gasteiger partial charge is 0.122 e. The van der Waals surface area contributed by atoms with Crippen molar-refractivity contribution in [2.75, 3.05) is 13.7 Å². The molecule has 1 rings (SSSR count). The van der Waals surface area contributed by atoms with Gasteiger partial charge in [-0.1, -0.05) is 30.4 Å². The number of benzene rings is 1. The lowest BCUT2D eigenvalue weighted by atomic mass is 10.1. The Bertz CT molecular complexity index is 279. The van der Waals surface area contributed by atoms with Crippen LogP contribution in [0.3, 0.4) is 0 Å². The SMILES string of the molecule is COc1ccccc1C/C=C/CO. The molecule has 0 fully saturated rings. The summed E-state index contributed by atoms with van der Waals surface area (Å²) >= 11 is 0. The summed E-state index contributed by atoms with van der Waals surface area (Å²) in [4.78, 5) is 0. The molecule has 0 spiro atoms. The van der Waals surface area contributed by atoms with E-state index in [-0.39, 0.29) is 6.61 Å². The Morgan fingerprint density at radius 2 is 2.08 bits per heavy atom. The molecule has 1 N–H and O–H groups in total. The van der Waals surface area contributed by atoms with Gasteiger partial charge in [-0.05, 0) is 18.1 Å². The van der Waals surface area contributed by atoms with Crippen LogP contribution in [0.25, 0.3) is 0 Å². The van der Waals surface area contributed by atoms with Gasteiger partial charge >= 0.3 is 0 Å². The first-order valence-corrected chi connectivity index (χ1v) is 4.26. The minimum absolute atomic E-state index is 0.0924. The molecule has 0 bridgehead atoms. The zero-order valence-corrected chi connectivity index (χ0v) is 7.73. The number of ether oxygens (including phenoxy) is 1. The first-order valence-electron chi connectivity index (χ1n) is 4.26. The molecule has 1 aromatic rings. The monoisotopic (exact) mass is 178 g/mol. The molecule has 0 saturated carbocycles. The van der Waals surface area contributed by atoms with Crippen molar-refractivity contribution in [1.29, 1.82) is 0 Å². The average molecular weight is 178 g/mol. The fourth-order valence-corrected chi connectivity index (χ4v) is 1.16. The van der Waals surface area contributed by atoms with Gasteiger partial charge in [-0.15, -0.1) is 0 Å². The normalized spacial score (nSPS) is 10.6. The lowest BCUT2D eigenvalue weighted by molar-refractivity contribution is 0.342. The summed E-state index contributed by atoms with van der Waals surface area (Å²) in [7, 11) is 1.66. The molecule has 1 aromatic carbocycles. The van der Waals surface area contributed by atoms with E-state index in [9.17, 15) is 0 Å². The quantitative estimate of drug-likeness (QED) is 0.712. The van der Waals surface area contributed by atoms with Crippen LogP contribution in [0.5, 0.6) is 5.75 Å². The van der Waals surface area contributed by atoms with Gasteiger partial charge in [0.2, 0.25) is 0 Å². The zero-order valence-electron chi connectivity index (χ0n) is 7.73. The van der Waals surface area contributed by atoms with Crippen molar-refractivity contribution in [2.45, 2.75) is 6.42 Å². The van der Waals surface area contributed by atoms with Gasteiger partial charge in [0.25, 0.3) is 0 Å². The van der Waals surface area contributed by atoms with Crippen molar-refractivity contribution in [3.8, 4) is 5.75 Å². The third-order valence-electron chi connectivity index (χ3n) is 1.80. The van der Waals surface area contributed by atoms with Crippen LogP contribution in [-0.4, -0.2) is 18.8 Å². The van der Waals surface area contributed by atoms with E-state index in [1.807, 2.05) is 30.3 Å². The van der Waals surface area contributed by atoms with Crippen molar-refractivity contribution in [3.63, 3.8) is 0 Å². The zero-order chi connectivity index (χ0) is 9.52. The van der Waals surface area contributed by atoms with Gasteiger partial charge in [0, 0.05) is 0 Å². The maximum absolute atomic E-state index is 8.55. The van der Waals surface area contributed by atoms with Crippen molar-refractivity contribution in [1.82, 2.24) is 0 Å². The van der Waals surface area contributed by atoms with Gasteiger partial charge in [-0.2, -0.15) is 0 Å². The van der Waals surface area contributed by atoms with Crippen molar-refractivity contribution >= 4 is 0 Å². The van der Waals surface area contributed by atoms with Crippen LogP contribution >= 0.6 is 0 Å². The molecule has 0 atom stereocenters. The molecule has 0 aliphatic rings. The summed E-state index contributed by atoms with van der Waals surface area (Å²) in [5, 5.41) is 8.55. The molecule has 2 nitrogen and oxygen atoms in total. The lowest BCUT2D eigenvalue weighted by Crippen LogP contribution is -1.89. The summed E-state index contributed by atoms with van der Waals surface area (Å²) in [6.45, 7) is 0.0924. The average Bonchev–Trinajstić information content (AvgIpc) is 2.19. The molecule has 0 unspecified atom stereocenters. The molecule has 70 valence electrons. The molecule has 2 heteroatoms. The highest BCUT2D eigenvalue weighted by molar-refractivity contribution is 5.34. The predicted molar refractivity (Wildman–Crippen MR) is 52.9 cm³/mol. The molecular formula is C11H14O2. The van der Waals surface area contributed by atoms with Crippen LogP contribution in [0.1, 0.15) is 5.56 Å². The molecule has 0 aliphatic carbocycles. The maximum Gasteiger partial charge on any atom is 0.122 e. The Hall–Kier alpha value is -1.28. The third-order valence-corrected chi connectivity index (χ3v) is 1.80. The maximum atomic E-state index is 8.55. The van der Waals surface area contributed by atoms with Gasteiger partial charge < -0.3 is 9.84 Å². The second-order valence-electron chi connectivity index (χ2n) is 2.67. The van der Waals surface area contributed by atoms with E-state index in [0.29, 0.717) is 0 Å². The molecule has 0 saturated heterocycles. The number of methoxy groups -OCH3 is 1. The fraction of sp³-hybridized carbons (Fsp3) is 0.273. The van der Waals surface area contributed by atoms with Gasteiger partial charge in [0.1, 0.15) is 5.75 Å². The molecule has 0 heterocycles. The predicted octanol–water partition coefficient (Wildman–Crippen LogP) is 1.79. The molecule has 13 heavy (non-hydrogen) atoms. The van der Waals surface area contributed by atoms with E-state index in [0.717, 1.165) is 17.7 Å². The Labute approximate surface area is 78.5 Å². The van der Waals surface area contributed by atoms with E-state index in [4.69, 9.17) is 9.84 Å². The highest BCUT2D eigenvalue weighted by atomic mass is 16.5. The number of hydrogen-bond acceptors (Lipinski definition) is 2. The van der Waals surface area contributed by atoms with E-state index in [1.165, 1.54) is 0 Å². The summed E-state index contributed by atoms with van der Waals surface area (Å²) in [6.07, 6.45) is 4.45. The largest absolute Gasteiger partial charge is 0.496 e. The van der Waals surface area contributed by atoms with Crippen LogP contribution in [0.2, 0.25) is 0 Å². The number of aliphatic hydroxyl groups excluding tert-OH is 1. The van der Waals surface area contributed by atoms with Gasteiger partial charge in [-0.25, -0.2) is 0 Å². The minimum atomic E-state index is 0.0924. The van der Waals surface area contributed by atoms with Crippen LogP contribution in [0.15, 0.2) is 36.4 Å². The minimum Gasteiger partial charge on any atom is -0.496 e. The summed E-state index contributed by atoms with van der Waals surface area (Å²) in [5.74, 6) is 0.894. The van der Waals surface area contributed by atoms with Crippen LogP contribution in [0, 0.1) is 0 Å². The Morgan fingerprint density at radius 1 is 1.31 bits per heavy atom. The van der Waals surface area contributed by atoms with Gasteiger partial charge in [0.05, 0.1) is 13.7 Å². The molecule has 0 aliphatic heterocycles. The third kappa shape index (κ3) is 2.92. The van der Waals surface area contributed by atoms with Crippen molar-refractivity contribution in [2.24, 2.45) is 0 Å². The highest BCUT2D eigenvalue weighted by Crippen LogP contribution is 2.17. The Morgan fingerprint density at radius 3 is 2.77 bits per heavy atom. The van der Waals surface area contributed by atoms with E-state index in [1.54, 1.807) is 13.2 Å². The number of allylic oxidation sites excluding steroid dienone is 1. The number of rotatable bonds is 4. The molecular weight excluding hydrogens is 164 g/mol. The Kier molecular flexibility index (Phi) is 4.06. The van der Waals surface area contributed by atoms with Crippen molar-refractivity contribution < 1.29 is 9.84 Å². The molecule has 0 amide bonds. The van der Waals surface area contributed by atoms with Crippen molar-refractivity contribution in [3.05, 3.63) is 42.0 Å². The summed E-state index contributed by atoms with van der Waals surface area (Å²) < 4.78 is 5.18. The van der Waals surface area contributed by atoms with Crippen LogP contribution in [0.4, 0.5) is 0 Å². The van der Waals surface area contributed by atoms with E-state index < -0.39 is 0 Å². The Balaban J connectivity index is 2.69. The molecule has 0 aromatic heterocycles. The number of hydrogen-bond donors (Lipinski definition) is 1. The summed E-state index contributed by atoms with van der Waals surface area (Å²) in [5.41, 5.74) is 1.13. The number of aliphatic hydroxyl groups is 1. The van der Waals surface area contributed by atoms with E-state index in [2.05, 4.69) is 0 Å². The standard InChI is InChI=1S/C11H14O2/c1-13-11-8-3-2-6-10(11)7-4-5-9-12/h2-6,8,12H,7,9H2,1H3/b5-4+. The van der Waals surface area contributed by atoms with Crippen LogP contribution in [-0.2, 0) is 6.42 Å². The van der Waals surface area contributed by atoms with Gasteiger partial charge in [-0.3, -0.25) is 0 Å². The van der Waals surface area contributed by atoms with E-state index >= 15 is 0 Å². The second kappa shape index (κ2) is 5.38. The van der Waals surface area contributed by atoms with Gasteiger partial charge in [0.15, 0.2) is 0 Å². The fourth-order valence-electron chi connectivity index (χ4n) is 1.16. The highest BCUT2D eigenvalue weighted by Gasteiger charge is 1.97.